The highest BCUT2D eigenvalue weighted by Gasteiger charge is 2.20. The minimum atomic E-state index is 0.525. The van der Waals surface area contributed by atoms with Crippen LogP contribution in [0.2, 0.25) is 0 Å². The Bertz CT molecular complexity index is 1100. The fraction of sp³-hybridized carbons (Fsp3) is 0.167. The van der Waals surface area contributed by atoms with Gasteiger partial charge in [-0.2, -0.15) is 9.61 Å². The maximum Gasteiger partial charge on any atom is 0.235 e. The molecule has 2 aromatic heterocycles. The number of methoxy groups -OCH3 is 3. The number of halogens is 1. The first-order valence-corrected chi connectivity index (χ1v) is 9.54. The predicted octanol–water partition coefficient (Wildman–Crippen LogP) is 4.31. The molecule has 0 atom stereocenters. The molecule has 9 heteroatoms. The summed E-state index contributed by atoms with van der Waals surface area (Å²) in [6.45, 7) is 0. The standard InChI is InChI=1S/C18H15BrN4O3S/c1-24-13-8-10(9-14(25-2)15(13)26-3)16-20-21-18-23(16)22-17(27-18)11-6-4-5-7-12(11)19/h4-9H,1-3H3. The topological polar surface area (TPSA) is 70.8 Å². The quantitative estimate of drug-likeness (QED) is 0.454. The Balaban J connectivity index is 1.87. The van der Waals surface area contributed by atoms with Crippen LogP contribution in [0.1, 0.15) is 0 Å². The van der Waals surface area contributed by atoms with Gasteiger partial charge in [-0.3, -0.25) is 0 Å². The van der Waals surface area contributed by atoms with Crippen LogP contribution in [0.4, 0.5) is 0 Å². The lowest BCUT2D eigenvalue weighted by molar-refractivity contribution is 0.324. The summed E-state index contributed by atoms with van der Waals surface area (Å²) in [5.74, 6) is 2.21. The van der Waals surface area contributed by atoms with Gasteiger partial charge in [-0.1, -0.05) is 45.5 Å². The van der Waals surface area contributed by atoms with E-state index in [2.05, 4.69) is 26.1 Å². The Morgan fingerprint density at radius 3 is 2.30 bits per heavy atom. The molecular weight excluding hydrogens is 432 g/mol. The second-order valence-corrected chi connectivity index (χ2v) is 7.33. The van der Waals surface area contributed by atoms with Gasteiger partial charge in [0.2, 0.25) is 10.7 Å². The van der Waals surface area contributed by atoms with Crippen molar-refractivity contribution in [2.24, 2.45) is 0 Å². The smallest absolute Gasteiger partial charge is 0.235 e. The number of ether oxygens (including phenoxy) is 3. The fourth-order valence-corrected chi connectivity index (χ4v) is 4.23. The van der Waals surface area contributed by atoms with E-state index in [-0.39, 0.29) is 0 Å². The maximum atomic E-state index is 5.43. The highest BCUT2D eigenvalue weighted by Crippen LogP contribution is 2.41. The van der Waals surface area contributed by atoms with Gasteiger partial charge in [-0.25, -0.2) is 0 Å². The summed E-state index contributed by atoms with van der Waals surface area (Å²) in [5, 5.41) is 14.1. The van der Waals surface area contributed by atoms with Gasteiger partial charge in [0.05, 0.1) is 21.3 Å². The van der Waals surface area contributed by atoms with Crippen molar-refractivity contribution >= 4 is 32.2 Å². The van der Waals surface area contributed by atoms with E-state index in [1.54, 1.807) is 25.8 Å². The average molecular weight is 447 g/mol. The molecule has 0 amide bonds. The van der Waals surface area contributed by atoms with E-state index in [0.29, 0.717) is 28.0 Å². The number of fused-ring (bicyclic) bond motifs is 1. The molecule has 0 aliphatic rings. The highest BCUT2D eigenvalue weighted by atomic mass is 79.9. The molecule has 0 fully saturated rings. The molecule has 0 unspecified atom stereocenters. The van der Waals surface area contributed by atoms with Crippen LogP contribution in [0.15, 0.2) is 40.9 Å². The van der Waals surface area contributed by atoms with Crippen LogP contribution < -0.4 is 14.2 Å². The minimum Gasteiger partial charge on any atom is -0.493 e. The molecular formula is C18H15BrN4O3S. The Labute approximate surface area is 167 Å². The van der Waals surface area contributed by atoms with E-state index in [0.717, 1.165) is 20.6 Å². The summed E-state index contributed by atoms with van der Waals surface area (Å²) < 4.78 is 18.9. The third kappa shape index (κ3) is 3.02. The van der Waals surface area contributed by atoms with Crippen LogP contribution >= 0.6 is 27.3 Å². The Morgan fingerprint density at radius 2 is 1.67 bits per heavy atom. The zero-order valence-corrected chi connectivity index (χ0v) is 17.2. The zero-order valence-electron chi connectivity index (χ0n) is 14.8. The molecule has 7 nitrogen and oxygen atoms in total. The zero-order chi connectivity index (χ0) is 19.0. The lowest BCUT2D eigenvalue weighted by Gasteiger charge is -2.13. The molecule has 0 saturated carbocycles. The van der Waals surface area contributed by atoms with Gasteiger partial charge in [0, 0.05) is 15.6 Å². The second kappa shape index (κ2) is 7.16. The number of hydrogen-bond donors (Lipinski definition) is 0. The van der Waals surface area contributed by atoms with E-state index in [1.165, 1.54) is 11.3 Å². The highest BCUT2D eigenvalue weighted by molar-refractivity contribution is 9.10. The summed E-state index contributed by atoms with van der Waals surface area (Å²) in [6, 6.07) is 11.6. The molecule has 0 N–H and O–H groups in total. The number of hydrogen-bond acceptors (Lipinski definition) is 7. The summed E-state index contributed by atoms with van der Waals surface area (Å²) >= 11 is 5.04. The van der Waals surface area contributed by atoms with E-state index in [4.69, 9.17) is 19.3 Å². The Kier molecular flexibility index (Phi) is 4.71. The molecule has 4 rings (SSSR count). The third-order valence-corrected chi connectivity index (χ3v) is 5.64. The Morgan fingerprint density at radius 1 is 0.963 bits per heavy atom. The fourth-order valence-electron chi connectivity index (χ4n) is 2.75. The molecule has 0 saturated heterocycles. The maximum absolute atomic E-state index is 5.43. The molecule has 138 valence electrons. The lowest BCUT2D eigenvalue weighted by Crippen LogP contribution is -1.97. The molecule has 0 radical (unpaired) electrons. The van der Waals surface area contributed by atoms with Crippen molar-refractivity contribution < 1.29 is 14.2 Å². The van der Waals surface area contributed by atoms with E-state index < -0.39 is 0 Å². The summed E-state index contributed by atoms with van der Waals surface area (Å²) in [7, 11) is 4.72. The van der Waals surface area contributed by atoms with Gasteiger partial charge in [0.25, 0.3) is 0 Å². The molecule has 0 aliphatic carbocycles. The van der Waals surface area contributed by atoms with Gasteiger partial charge in [0.15, 0.2) is 17.3 Å². The van der Waals surface area contributed by atoms with E-state index in [9.17, 15) is 0 Å². The van der Waals surface area contributed by atoms with Gasteiger partial charge in [-0.15, -0.1) is 10.2 Å². The molecule has 0 bridgehead atoms. The molecule has 2 heterocycles. The third-order valence-electron chi connectivity index (χ3n) is 4.02. The molecule has 4 aromatic rings. The van der Waals surface area contributed by atoms with Crippen molar-refractivity contribution in [2.75, 3.05) is 21.3 Å². The minimum absolute atomic E-state index is 0.525. The first-order chi connectivity index (χ1) is 13.2. The van der Waals surface area contributed by atoms with Crippen LogP contribution in [0, 0.1) is 0 Å². The average Bonchev–Trinajstić information content (AvgIpc) is 3.27. The first-order valence-electron chi connectivity index (χ1n) is 7.93. The summed E-state index contributed by atoms with van der Waals surface area (Å²) in [4.78, 5) is 0.699. The molecule has 0 spiro atoms. The van der Waals surface area contributed by atoms with Crippen molar-refractivity contribution in [3.05, 3.63) is 40.9 Å². The Hall–Kier alpha value is -2.65. The number of benzene rings is 2. The van der Waals surface area contributed by atoms with Crippen molar-refractivity contribution in [2.45, 2.75) is 0 Å². The monoisotopic (exact) mass is 446 g/mol. The lowest BCUT2D eigenvalue weighted by atomic mass is 10.1. The van der Waals surface area contributed by atoms with Gasteiger partial charge >= 0.3 is 0 Å². The van der Waals surface area contributed by atoms with Crippen LogP contribution in [0.3, 0.4) is 0 Å². The van der Waals surface area contributed by atoms with Crippen LogP contribution in [-0.2, 0) is 0 Å². The number of nitrogens with zero attached hydrogens (tertiary/aromatic N) is 4. The summed E-state index contributed by atoms with van der Waals surface area (Å²) in [6.07, 6.45) is 0. The van der Waals surface area contributed by atoms with Gasteiger partial charge in [-0.05, 0) is 18.2 Å². The predicted molar refractivity (Wildman–Crippen MR) is 107 cm³/mol. The molecule has 27 heavy (non-hydrogen) atoms. The normalized spacial score (nSPS) is 11.0. The SMILES string of the molecule is COc1cc(-c2nnc3sc(-c4ccccc4Br)nn23)cc(OC)c1OC. The van der Waals surface area contributed by atoms with Gasteiger partial charge in [0.1, 0.15) is 5.01 Å². The summed E-state index contributed by atoms with van der Waals surface area (Å²) in [5.41, 5.74) is 1.77. The van der Waals surface area contributed by atoms with Gasteiger partial charge < -0.3 is 14.2 Å². The number of rotatable bonds is 5. The van der Waals surface area contributed by atoms with Crippen LogP contribution in [0.25, 0.3) is 26.9 Å². The van der Waals surface area contributed by atoms with Crippen molar-refractivity contribution in [1.82, 2.24) is 19.8 Å². The second-order valence-electron chi connectivity index (χ2n) is 5.52. The largest absolute Gasteiger partial charge is 0.493 e. The van der Waals surface area contributed by atoms with Crippen LogP contribution in [0.5, 0.6) is 17.2 Å². The van der Waals surface area contributed by atoms with E-state index >= 15 is 0 Å². The molecule has 0 aliphatic heterocycles. The number of aromatic nitrogens is 4. The van der Waals surface area contributed by atoms with E-state index in [1.807, 2.05) is 36.4 Å². The van der Waals surface area contributed by atoms with Crippen LogP contribution in [-0.4, -0.2) is 41.1 Å². The van der Waals surface area contributed by atoms with Crippen molar-refractivity contribution in [1.29, 1.82) is 0 Å². The molecule has 2 aromatic carbocycles. The van der Waals surface area contributed by atoms with Crippen molar-refractivity contribution in [3.8, 4) is 39.2 Å². The first kappa shape index (κ1) is 17.7. The van der Waals surface area contributed by atoms with Crippen molar-refractivity contribution in [3.63, 3.8) is 0 Å².